The second-order valence-electron chi connectivity index (χ2n) is 7.54. The van der Waals surface area contributed by atoms with E-state index in [4.69, 9.17) is 0 Å². The summed E-state index contributed by atoms with van der Waals surface area (Å²) in [7, 11) is 1.92. The fraction of sp³-hybridized carbons (Fsp3) is 0.632. The topological polar surface area (TPSA) is 26.8 Å². The van der Waals surface area contributed by atoms with Crippen LogP contribution < -0.4 is 4.90 Å². The Labute approximate surface area is 143 Å². The van der Waals surface area contributed by atoms with Crippen LogP contribution in [-0.4, -0.2) is 61.5 Å². The quantitative estimate of drug-likeness (QED) is 0.831. The third-order valence-electron chi connectivity index (χ3n) is 6.17. The Morgan fingerprint density at radius 2 is 1.79 bits per heavy atom. The van der Waals surface area contributed by atoms with Crippen LogP contribution in [0.1, 0.15) is 19.3 Å². The van der Waals surface area contributed by atoms with Crippen LogP contribution in [0.4, 0.5) is 10.1 Å². The molecule has 1 amide bonds. The van der Waals surface area contributed by atoms with Crippen molar-refractivity contribution in [1.29, 1.82) is 0 Å². The number of carbonyl (C=O) groups is 1. The second-order valence-corrected chi connectivity index (χ2v) is 7.54. The number of rotatable bonds is 2. The molecule has 0 N–H and O–H groups in total. The first-order valence-electron chi connectivity index (χ1n) is 9.12. The lowest BCUT2D eigenvalue weighted by Crippen LogP contribution is -2.45. The van der Waals surface area contributed by atoms with E-state index in [1.807, 2.05) is 24.1 Å². The van der Waals surface area contributed by atoms with Crippen molar-refractivity contribution in [3.8, 4) is 0 Å². The van der Waals surface area contributed by atoms with Crippen LogP contribution in [-0.2, 0) is 4.79 Å². The molecule has 0 spiro atoms. The molecule has 0 radical (unpaired) electrons. The van der Waals surface area contributed by atoms with Gasteiger partial charge in [-0.2, -0.15) is 0 Å². The Kier molecular flexibility index (Phi) is 4.21. The highest BCUT2D eigenvalue weighted by atomic mass is 19.1. The summed E-state index contributed by atoms with van der Waals surface area (Å²) in [5, 5.41) is 0. The summed E-state index contributed by atoms with van der Waals surface area (Å²) in [6, 6.07) is 7.59. The van der Waals surface area contributed by atoms with Gasteiger partial charge < -0.3 is 9.80 Å². The van der Waals surface area contributed by atoms with Gasteiger partial charge in [-0.3, -0.25) is 9.69 Å². The number of piperidine rings is 2. The summed E-state index contributed by atoms with van der Waals surface area (Å²) in [4.78, 5) is 18.9. The molecule has 2 atom stereocenters. The monoisotopic (exact) mass is 331 g/mol. The number of halogens is 1. The number of anilines is 1. The zero-order valence-electron chi connectivity index (χ0n) is 14.3. The first kappa shape index (κ1) is 15.9. The molecule has 4 nitrogen and oxygen atoms in total. The van der Waals surface area contributed by atoms with Crippen molar-refractivity contribution in [2.75, 3.05) is 44.7 Å². The van der Waals surface area contributed by atoms with Gasteiger partial charge >= 0.3 is 0 Å². The van der Waals surface area contributed by atoms with Crippen LogP contribution >= 0.6 is 0 Å². The number of fused-ring (bicyclic) bond motifs is 1. The van der Waals surface area contributed by atoms with Crippen molar-refractivity contribution in [1.82, 2.24) is 9.80 Å². The molecule has 3 aliphatic rings. The maximum absolute atomic E-state index is 14.0. The molecule has 3 saturated heterocycles. The van der Waals surface area contributed by atoms with E-state index in [9.17, 15) is 9.18 Å². The third-order valence-corrected chi connectivity index (χ3v) is 6.17. The first-order chi connectivity index (χ1) is 11.6. The van der Waals surface area contributed by atoms with E-state index >= 15 is 0 Å². The van der Waals surface area contributed by atoms with Gasteiger partial charge in [0.15, 0.2) is 0 Å². The van der Waals surface area contributed by atoms with E-state index in [-0.39, 0.29) is 11.7 Å². The largest absolute Gasteiger partial charge is 0.369 e. The predicted molar refractivity (Wildman–Crippen MR) is 92.4 cm³/mol. The van der Waals surface area contributed by atoms with Crippen molar-refractivity contribution < 1.29 is 9.18 Å². The van der Waals surface area contributed by atoms with Crippen LogP contribution in [0.15, 0.2) is 24.3 Å². The van der Waals surface area contributed by atoms with Crippen molar-refractivity contribution in [3.05, 3.63) is 30.1 Å². The lowest BCUT2D eigenvalue weighted by Gasteiger charge is -2.38. The van der Waals surface area contributed by atoms with Gasteiger partial charge in [0, 0.05) is 45.8 Å². The Bertz CT molecular complexity index is 614. The molecule has 4 rings (SSSR count). The molecule has 0 bridgehead atoms. The molecule has 130 valence electrons. The molecular weight excluding hydrogens is 305 g/mol. The molecule has 0 saturated carbocycles. The Morgan fingerprint density at radius 3 is 2.54 bits per heavy atom. The highest BCUT2D eigenvalue weighted by Gasteiger charge is 2.43. The Balaban J connectivity index is 1.37. The van der Waals surface area contributed by atoms with Gasteiger partial charge in [-0.15, -0.1) is 0 Å². The summed E-state index contributed by atoms with van der Waals surface area (Å²) in [6.45, 7) is 4.67. The fourth-order valence-corrected chi connectivity index (χ4v) is 4.71. The van der Waals surface area contributed by atoms with Crippen LogP contribution in [0.25, 0.3) is 0 Å². The van der Waals surface area contributed by atoms with Gasteiger partial charge in [-0.25, -0.2) is 4.39 Å². The van der Waals surface area contributed by atoms with Crippen LogP contribution in [0.5, 0.6) is 0 Å². The standard InChI is InChI=1S/C19H26FN3O/c1-21-9-6-14-12-23(13-16(14)19(21)24)15-7-10-22(11-8-15)18-5-3-2-4-17(18)20/h2-5,14-16H,6-13H2,1H3/t14-,16+/m1/s1. The van der Waals surface area contributed by atoms with Gasteiger partial charge in [0.2, 0.25) is 5.91 Å². The molecule has 3 aliphatic heterocycles. The molecule has 3 fully saturated rings. The summed E-state index contributed by atoms with van der Waals surface area (Å²) < 4.78 is 14.0. The van der Waals surface area contributed by atoms with Crippen molar-refractivity contribution in [2.24, 2.45) is 11.8 Å². The van der Waals surface area contributed by atoms with Gasteiger partial charge in [-0.05, 0) is 37.3 Å². The van der Waals surface area contributed by atoms with E-state index in [1.165, 1.54) is 6.07 Å². The number of benzene rings is 1. The number of carbonyl (C=O) groups excluding carboxylic acids is 1. The summed E-state index contributed by atoms with van der Waals surface area (Å²) in [5.41, 5.74) is 0.725. The number of nitrogens with zero attached hydrogens (tertiary/aromatic N) is 3. The Morgan fingerprint density at radius 1 is 1.04 bits per heavy atom. The Hall–Kier alpha value is -1.62. The minimum Gasteiger partial charge on any atom is -0.369 e. The zero-order valence-corrected chi connectivity index (χ0v) is 14.3. The van der Waals surface area contributed by atoms with Gasteiger partial charge in [0.1, 0.15) is 5.82 Å². The number of hydrogen-bond acceptors (Lipinski definition) is 3. The van der Waals surface area contributed by atoms with E-state index in [0.29, 0.717) is 17.9 Å². The van der Waals surface area contributed by atoms with Gasteiger partial charge in [0.05, 0.1) is 11.6 Å². The fourth-order valence-electron chi connectivity index (χ4n) is 4.71. The predicted octanol–water partition coefficient (Wildman–Crippen LogP) is 2.20. The average Bonchev–Trinajstić information content (AvgIpc) is 3.04. The van der Waals surface area contributed by atoms with Crippen LogP contribution in [0.2, 0.25) is 0 Å². The summed E-state index contributed by atoms with van der Waals surface area (Å²) in [6.07, 6.45) is 3.24. The van der Waals surface area contributed by atoms with E-state index in [2.05, 4.69) is 9.80 Å². The van der Waals surface area contributed by atoms with Crippen molar-refractivity contribution in [2.45, 2.75) is 25.3 Å². The van der Waals surface area contributed by atoms with Crippen molar-refractivity contribution >= 4 is 11.6 Å². The second kappa shape index (κ2) is 6.36. The molecule has 5 heteroatoms. The third kappa shape index (κ3) is 2.79. The molecule has 3 heterocycles. The lowest BCUT2D eigenvalue weighted by atomic mass is 9.88. The number of amides is 1. The van der Waals surface area contributed by atoms with E-state index in [1.54, 1.807) is 6.07 Å². The lowest BCUT2D eigenvalue weighted by molar-refractivity contribution is -0.137. The molecular formula is C19H26FN3O. The van der Waals surface area contributed by atoms with E-state index < -0.39 is 0 Å². The smallest absolute Gasteiger partial charge is 0.227 e. The first-order valence-corrected chi connectivity index (χ1v) is 9.12. The van der Waals surface area contributed by atoms with Gasteiger partial charge in [0.25, 0.3) is 0 Å². The minimum atomic E-state index is -0.128. The van der Waals surface area contributed by atoms with Crippen LogP contribution in [0, 0.1) is 17.7 Å². The SMILES string of the molecule is CN1CC[C@@H]2CN(C3CCN(c4ccccc4F)CC3)C[C@@H]2C1=O. The molecule has 0 aliphatic carbocycles. The number of hydrogen-bond donors (Lipinski definition) is 0. The van der Waals surface area contributed by atoms with Crippen molar-refractivity contribution in [3.63, 3.8) is 0 Å². The van der Waals surface area contributed by atoms with Gasteiger partial charge in [-0.1, -0.05) is 12.1 Å². The van der Waals surface area contributed by atoms with Crippen LogP contribution in [0.3, 0.4) is 0 Å². The maximum atomic E-state index is 14.0. The maximum Gasteiger partial charge on any atom is 0.227 e. The molecule has 0 aromatic heterocycles. The average molecular weight is 331 g/mol. The molecule has 1 aromatic carbocycles. The van der Waals surface area contributed by atoms with E-state index in [0.717, 1.165) is 57.7 Å². The summed E-state index contributed by atoms with van der Waals surface area (Å²) >= 11 is 0. The number of likely N-dealkylation sites (tertiary alicyclic amines) is 2. The molecule has 1 aromatic rings. The number of para-hydroxylation sites is 1. The minimum absolute atomic E-state index is 0.128. The highest BCUT2D eigenvalue weighted by Crippen LogP contribution is 2.35. The zero-order chi connectivity index (χ0) is 16.7. The highest BCUT2D eigenvalue weighted by molar-refractivity contribution is 5.80. The molecule has 0 unspecified atom stereocenters. The summed E-state index contributed by atoms with van der Waals surface area (Å²) in [5.74, 6) is 0.945. The normalized spacial score (nSPS) is 29.2. The molecule has 24 heavy (non-hydrogen) atoms.